The Morgan fingerprint density at radius 3 is 2.12 bits per heavy atom. The van der Waals surface area contributed by atoms with E-state index in [0.717, 1.165) is 5.56 Å². The summed E-state index contributed by atoms with van der Waals surface area (Å²) in [7, 11) is 0. The van der Waals surface area contributed by atoms with Crippen molar-refractivity contribution in [3.05, 3.63) is 54.1 Å². The van der Waals surface area contributed by atoms with Crippen molar-refractivity contribution >= 4 is 5.69 Å². The molecule has 0 aromatic heterocycles. The van der Waals surface area contributed by atoms with E-state index in [2.05, 4.69) is 5.32 Å². The van der Waals surface area contributed by atoms with E-state index in [1.165, 1.54) is 6.07 Å². The SMILES string of the molecule is Oc1cc(O)cc(NCc2ccccc2)c1. The monoisotopic (exact) mass is 215 g/mol. The number of nitrogens with one attached hydrogen (secondary N) is 1. The molecule has 82 valence electrons. The normalized spacial score (nSPS) is 10.0. The van der Waals surface area contributed by atoms with E-state index in [9.17, 15) is 10.2 Å². The average Bonchev–Trinajstić information content (AvgIpc) is 2.27. The lowest BCUT2D eigenvalue weighted by molar-refractivity contribution is 0.451. The number of rotatable bonds is 3. The number of hydrogen-bond donors (Lipinski definition) is 3. The van der Waals surface area contributed by atoms with Crippen molar-refractivity contribution in [1.29, 1.82) is 0 Å². The first kappa shape index (κ1) is 10.4. The molecule has 0 fully saturated rings. The second-order valence-corrected chi connectivity index (χ2v) is 3.58. The van der Waals surface area contributed by atoms with Crippen LogP contribution in [-0.4, -0.2) is 10.2 Å². The summed E-state index contributed by atoms with van der Waals surface area (Å²) in [5.74, 6) is 0.103. The Kier molecular flexibility index (Phi) is 2.96. The van der Waals surface area contributed by atoms with Gasteiger partial charge in [0.1, 0.15) is 11.5 Å². The van der Waals surface area contributed by atoms with Crippen molar-refractivity contribution in [3.63, 3.8) is 0 Å². The summed E-state index contributed by atoms with van der Waals surface area (Å²) in [6.07, 6.45) is 0. The molecule has 0 heterocycles. The number of benzene rings is 2. The zero-order chi connectivity index (χ0) is 11.4. The second-order valence-electron chi connectivity index (χ2n) is 3.58. The first-order chi connectivity index (χ1) is 7.74. The second kappa shape index (κ2) is 4.57. The van der Waals surface area contributed by atoms with E-state index in [1.54, 1.807) is 12.1 Å². The van der Waals surface area contributed by atoms with Crippen LogP contribution in [0.1, 0.15) is 5.56 Å². The molecule has 0 saturated carbocycles. The van der Waals surface area contributed by atoms with Crippen LogP contribution in [0.15, 0.2) is 48.5 Å². The summed E-state index contributed by atoms with van der Waals surface area (Å²) in [5, 5.41) is 21.7. The van der Waals surface area contributed by atoms with Crippen LogP contribution in [0.25, 0.3) is 0 Å². The highest BCUT2D eigenvalue weighted by Crippen LogP contribution is 2.24. The molecule has 2 rings (SSSR count). The Labute approximate surface area is 94.0 Å². The molecule has 3 N–H and O–H groups in total. The van der Waals surface area contributed by atoms with E-state index < -0.39 is 0 Å². The summed E-state index contributed by atoms with van der Waals surface area (Å²) >= 11 is 0. The molecular weight excluding hydrogens is 202 g/mol. The van der Waals surface area contributed by atoms with Crippen molar-refractivity contribution in [3.8, 4) is 11.5 Å². The van der Waals surface area contributed by atoms with Crippen molar-refractivity contribution in [2.75, 3.05) is 5.32 Å². The van der Waals surface area contributed by atoms with Gasteiger partial charge < -0.3 is 15.5 Å². The van der Waals surface area contributed by atoms with Crippen molar-refractivity contribution < 1.29 is 10.2 Å². The van der Waals surface area contributed by atoms with Crippen LogP contribution in [0.3, 0.4) is 0 Å². The zero-order valence-corrected chi connectivity index (χ0v) is 8.72. The predicted octanol–water partition coefficient (Wildman–Crippen LogP) is 2.71. The van der Waals surface area contributed by atoms with E-state index in [-0.39, 0.29) is 11.5 Å². The van der Waals surface area contributed by atoms with Gasteiger partial charge in [-0.15, -0.1) is 0 Å². The summed E-state index contributed by atoms with van der Waals surface area (Å²) in [6.45, 7) is 0.656. The third-order valence-electron chi connectivity index (χ3n) is 2.24. The van der Waals surface area contributed by atoms with Gasteiger partial charge in [-0.05, 0) is 5.56 Å². The molecule has 2 aromatic rings. The standard InChI is InChI=1S/C13H13NO2/c15-12-6-11(7-13(16)8-12)14-9-10-4-2-1-3-5-10/h1-8,14-16H,9H2. The number of aromatic hydroxyl groups is 2. The van der Waals surface area contributed by atoms with Gasteiger partial charge in [-0.3, -0.25) is 0 Å². The first-order valence-corrected chi connectivity index (χ1v) is 5.05. The van der Waals surface area contributed by atoms with E-state index in [0.29, 0.717) is 12.2 Å². The van der Waals surface area contributed by atoms with Crippen LogP contribution < -0.4 is 5.32 Å². The molecule has 0 spiro atoms. The van der Waals surface area contributed by atoms with Gasteiger partial charge in [-0.25, -0.2) is 0 Å². The minimum absolute atomic E-state index is 0.0514. The van der Waals surface area contributed by atoms with Gasteiger partial charge >= 0.3 is 0 Å². The maximum Gasteiger partial charge on any atom is 0.121 e. The summed E-state index contributed by atoms with van der Waals surface area (Å²) in [5.41, 5.74) is 1.84. The molecule has 0 aliphatic carbocycles. The highest BCUT2D eigenvalue weighted by molar-refractivity contribution is 5.53. The molecule has 0 radical (unpaired) electrons. The van der Waals surface area contributed by atoms with Gasteiger partial charge in [0.15, 0.2) is 0 Å². The molecule has 0 atom stereocenters. The third kappa shape index (κ3) is 2.67. The minimum atomic E-state index is 0.0514. The van der Waals surface area contributed by atoms with Crippen LogP contribution in [0.4, 0.5) is 5.69 Å². The molecule has 0 aliphatic rings. The predicted molar refractivity (Wildman–Crippen MR) is 63.5 cm³/mol. The van der Waals surface area contributed by atoms with E-state index in [1.807, 2.05) is 30.3 Å². The molecule has 0 saturated heterocycles. The van der Waals surface area contributed by atoms with Gasteiger partial charge in [0.2, 0.25) is 0 Å². The molecular formula is C13H13NO2. The maximum atomic E-state index is 9.29. The lowest BCUT2D eigenvalue weighted by Gasteiger charge is -2.07. The quantitative estimate of drug-likeness (QED) is 0.737. The third-order valence-corrected chi connectivity index (χ3v) is 2.24. The van der Waals surface area contributed by atoms with Crippen LogP contribution >= 0.6 is 0 Å². The Morgan fingerprint density at radius 2 is 1.50 bits per heavy atom. The molecule has 0 unspecified atom stereocenters. The van der Waals surface area contributed by atoms with Crippen molar-refractivity contribution in [2.45, 2.75) is 6.54 Å². The number of phenols is 2. The molecule has 0 amide bonds. The van der Waals surface area contributed by atoms with Crippen molar-refractivity contribution in [2.24, 2.45) is 0 Å². The fourth-order valence-corrected chi connectivity index (χ4v) is 1.50. The Balaban J connectivity index is 2.05. The molecule has 2 aromatic carbocycles. The molecule has 3 heteroatoms. The highest BCUT2D eigenvalue weighted by Gasteiger charge is 1.98. The molecule has 0 aliphatic heterocycles. The topological polar surface area (TPSA) is 52.5 Å². The summed E-state index contributed by atoms with van der Waals surface area (Å²) in [4.78, 5) is 0. The van der Waals surface area contributed by atoms with Crippen LogP contribution in [0.2, 0.25) is 0 Å². The Morgan fingerprint density at radius 1 is 0.875 bits per heavy atom. The number of hydrogen-bond acceptors (Lipinski definition) is 3. The average molecular weight is 215 g/mol. The van der Waals surface area contributed by atoms with Gasteiger partial charge in [-0.2, -0.15) is 0 Å². The highest BCUT2D eigenvalue weighted by atomic mass is 16.3. The molecule has 16 heavy (non-hydrogen) atoms. The zero-order valence-electron chi connectivity index (χ0n) is 8.72. The van der Waals surface area contributed by atoms with Gasteiger partial charge in [-0.1, -0.05) is 30.3 Å². The molecule has 3 nitrogen and oxygen atoms in total. The van der Waals surface area contributed by atoms with Gasteiger partial charge in [0.25, 0.3) is 0 Å². The Bertz CT molecular complexity index is 448. The first-order valence-electron chi connectivity index (χ1n) is 5.05. The Hall–Kier alpha value is -2.16. The van der Waals surface area contributed by atoms with E-state index >= 15 is 0 Å². The largest absolute Gasteiger partial charge is 0.508 e. The van der Waals surface area contributed by atoms with E-state index in [4.69, 9.17) is 0 Å². The number of phenolic OH excluding ortho intramolecular Hbond substituents is 2. The lowest BCUT2D eigenvalue weighted by Crippen LogP contribution is -1.98. The summed E-state index contributed by atoms with van der Waals surface area (Å²) in [6, 6.07) is 14.4. The number of anilines is 1. The fourth-order valence-electron chi connectivity index (χ4n) is 1.50. The molecule has 0 bridgehead atoms. The van der Waals surface area contributed by atoms with Crippen LogP contribution in [0, 0.1) is 0 Å². The minimum Gasteiger partial charge on any atom is -0.508 e. The lowest BCUT2D eigenvalue weighted by atomic mass is 10.2. The smallest absolute Gasteiger partial charge is 0.121 e. The maximum absolute atomic E-state index is 9.29. The van der Waals surface area contributed by atoms with Gasteiger partial charge in [0.05, 0.1) is 0 Å². The van der Waals surface area contributed by atoms with Crippen LogP contribution in [-0.2, 0) is 6.54 Å². The summed E-state index contributed by atoms with van der Waals surface area (Å²) < 4.78 is 0. The van der Waals surface area contributed by atoms with Crippen LogP contribution in [0.5, 0.6) is 11.5 Å². The fraction of sp³-hybridized carbons (Fsp3) is 0.0769. The van der Waals surface area contributed by atoms with Crippen molar-refractivity contribution in [1.82, 2.24) is 0 Å². The van der Waals surface area contributed by atoms with Gasteiger partial charge in [0, 0.05) is 30.4 Å².